The highest BCUT2D eigenvalue weighted by atomic mass is 16.5. The van der Waals surface area contributed by atoms with Gasteiger partial charge in [0, 0.05) is 31.9 Å². The van der Waals surface area contributed by atoms with E-state index >= 15 is 0 Å². The van der Waals surface area contributed by atoms with Gasteiger partial charge in [0.1, 0.15) is 6.29 Å². The van der Waals surface area contributed by atoms with Crippen molar-refractivity contribution in [1.82, 2.24) is 9.80 Å². The molecule has 0 aromatic heterocycles. The molecule has 2 aliphatic rings. The number of morpholine rings is 1. The topological polar surface area (TPSA) is 32.8 Å². The third-order valence-electron chi connectivity index (χ3n) is 3.41. The van der Waals surface area contributed by atoms with Crippen molar-refractivity contribution >= 4 is 6.29 Å². The second kappa shape index (κ2) is 5.46. The maximum atomic E-state index is 10.7. The van der Waals surface area contributed by atoms with Crippen LogP contribution < -0.4 is 0 Å². The fourth-order valence-corrected chi connectivity index (χ4v) is 2.27. The number of nitrogens with zero attached hydrogens (tertiary/aromatic N) is 2. The molecule has 2 rings (SSSR count). The van der Waals surface area contributed by atoms with Gasteiger partial charge in [-0.2, -0.15) is 0 Å². The smallest absolute Gasteiger partial charge is 0.136 e. The van der Waals surface area contributed by atoms with E-state index in [9.17, 15) is 4.79 Å². The molecule has 0 saturated carbocycles. The molecule has 0 radical (unpaired) electrons. The summed E-state index contributed by atoms with van der Waals surface area (Å²) in [6.07, 6.45) is 4.33. The highest BCUT2D eigenvalue weighted by molar-refractivity contribution is 5.56. The van der Waals surface area contributed by atoms with Crippen molar-refractivity contribution < 1.29 is 9.53 Å². The first-order chi connectivity index (χ1) is 7.81. The number of aldehydes is 1. The Bertz CT molecular complexity index is 272. The number of ether oxygens (including phenoxy) is 1. The lowest BCUT2D eigenvalue weighted by atomic mass is 10.1. The highest BCUT2D eigenvalue weighted by Crippen LogP contribution is 2.17. The van der Waals surface area contributed by atoms with Gasteiger partial charge in [0.2, 0.25) is 0 Å². The Kier molecular flexibility index (Phi) is 3.96. The number of carbonyl (C=O) groups is 1. The van der Waals surface area contributed by atoms with Crippen LogP contribution in [0.25, 0.3) is 0 Å². The van der Waals surface area contributed by atoms with Crippen molar-refractivity contribution in [1.29, 1.82) is 0 Å². The first-order valence-corrected chi connectivity index (χ1v) is 6.02. The summed E-state index contributed by atoms with van der Waals surface area (Å²) >= 11 is 0. The summed E-state index contributed by atoms with van der Waals surface area (Å²) in [7, 11) is 0. The minimum Gasteiger partial charge on any atom is -0.378 e. The first-order valence-electron chi connectivity index (χ1n) is 6.02. The number of carbonyl (C=O) groups excluding carboxylic acids is 1. The lowest BCUT2D eigenvalue weighted by Gasteiger charge is -2.36. The third-order valence-corrected chi connectivity index (χ3v) is 3.41. The molecule has 0 amide bonds. The van der Waals surface area contributed by atoms with Crippen LogP contribution in [0.5, 0.6) is 0 Å². The lowest BCUT2D eigenvalue weighted by Crippen LogP contribution is -2.42. The van der Waals surface area contributed by atoms with Crippen molar-refractivity contribution in [3.05, 3.63) is 11.8 Å². The van der Waals surface area contributed by atoms with Crippen LogP contribution >= 0.6 is 0 Å². The van der Waals surface area contributed by atoms with Crippen molar-refractivity contribution in [3.8, 4) is 0 Å². The van der Waals surface area contributed by atoms with Crippen LogP contribution in [0.1, 0.15) is 13.3 Å². The van der Waals surface area contributed by atoms with E-state index in [1.165, 1.54) is 5.70 Å². The molecule has 4 nitrogen and oxygen atoms in total. The molecule has 0 bridgehead atoms. The number of hydrogen-bond acceptors (Lipinski definition) is 4. The average Bonchev–Trinajstić information content (AvgIpc) is 2.39. The summed E-state index contributed by atoms with van der Waals surface area (Å²) in [5.74, 6) is 0. The molecule has 1 saturated heterocycles. The van der Waals surface area contributed by atoms with E-state index in [1.54, 1.807) is 0 Å². The summed E-state index contributed by atoms with van der Waals surface area (Å²) in [5.41, 5.74) is 1.43. The van der Waals surface area contributed by atoms with Crippen LogP contribution in [-0.4, -0.2) is 61.5 Å². The molecule has 0 aromatic rings. The second-order valence-corrected chi connectivity index (χ2v) is 4.42. The van der Waals surface area contributed by atoms with E-state index < -0.39 is 0 Å². The third kappa shape index (κ3) is 2.62. The van der Waals surface area contributed by atoms with E-state index in [1.807, 2.05) is 6.92 Å². The molecular formula is C12H20N2O2. The molecule has 1 atom stereocenters. The zero-order valence-electron chi connectivity index (χ0n) is 9.89. The van der Waals surface area contributed by atoms with Crippen molar-refractivity contribution in [2.45, 2.75) is 19.4 Å². The number of hydrogen-bond donors (Lipinski definition) is 0. The van der Waals surface area contributed by atoms with Crippen LogP contribution in [0.4, 0.5) is 0 Å². The van der Waals surface area contributed by atoms with Gasteiger partial charge in [-0.15, -0.1) is 0 Å². The molecule has 2 heterocycles. The van der Waals surface area contributed by atoms with Gasteiger partial charge >= 0.3 is 0 Å². The molecule has 0 aliphatic carbocycles. The largest absolute Gasteiger partial charge is 0.378 e. The SMILES string of the molecule is CC(C=O)N1CC=C(N2CCOCC2)CC1. The zero-order chi connectivity index (χ0) is 11.4. The summed E-state index contributed by atoms with van der Waals surface area (Å²) in [6, 6.07) is 0.0440. The minimum absolute atomic E-state index is 0.0440. The predicted octanol–water partition coefficient (Wildman–Crippen LogP) is 0.496. The second-order valence-electron chi connectivity index (χ2n) is 4.42. The monoisotopic (exact) mass is 224 g/mol. The van der Waals surface area contributed by atoms with E-state index in [0.717, 1.165) is 52.1 Å². The minimum atomic E-state index is 0.0440. The maximum Gasteiger partial charge on any atom is 0.136 e. The van der Waals surface area contributed by atoms with Crippen molar-refractivity contribution in [3.63, 3.8) is 0 Å². The Morgan fingerprint density at radius 1 is 1.38 bits per heavy atom. The van der Waals surface area contributed by atoms with Gasteiger partial charge < -0.3 is 14.4 Å². The Balaban J connectivity index is 1.89. The standard InChI is InChI=1S/C12H20N2O2/c1-11(10-15)13-4-2-12(3-5-13)14-6-8-16-9-7-14/h2,10-11H,3-9H2,1H3. The molecule has 16 heavy (non-hydrogen) atoms. The molecule has 1 unspecified atom stereocenters. The van der Waals surface area contributed by atoms with E-state index in [0.29, 0.717) is 0 Å². The molecule has 0 spiro atoms. The summed E-state index contributed by atoms with van der Waals surface area (Å²) in [4.78, 5) is 15.3. The van der Waals surface area contributed by atoms with Gasteiger partial charge in [-0.1, -0.05) is 6.08 Å². The van der Waals surface area contributed by atoms with E-state index in [2.05, 4.69) is 15.9 Å². The van der Waals surface area contributed by atoms with Gasteiger partial charge in [-0.25, -0.2) is 0 Å². The zero-order valence-corrected chi connectivity index (χ0v) is 9.89. The maximum absolute atomic E-state index is 10.7. The van der Waals surface area contributed by atoms with Gasteiger partial charge in [0.15, 0.2) is 0 Å². The lowest BCUT2D eigenvalue weighted by molar-refractivity contribution is -0.111. The normalized spacial score (nSPS) is 25.1. The van der Waals surface area contributed by atoms with Crippen LogP contribution in [0.15, 0.2) is 11.8 Å². The van der Waals surface area contributed by atoms with Gasteiger partial charge in [0.05, 0.1) is 19.3 Å². The number of rotatable bonds is 3. The predicted molar refractivity (Wildman–Crippen MR) is 62.2 cm³/mol. The Hall–Kier alpha value is -0.870. The summed E-state index contributed by atoms with van der Waals surface area (Å²) < 4.78 is 5.34. The molecular weight excluding hydrogens is 204 g/mol. The highest BCUT2D eigenvalue weighted by Gasteiger charge is 2.20. The van der Waals surface area contributed by atoms with Crippen LogP contribution in [0, 0.1) is 0 Å². The molecule has 4 heteroatoms. The molecule has 1 fully saturated rings. The fourth-order valence-electron chi connectivity index (χ4n) is 2.27. The van der Waals surface area contributed by atoms with Gasteiger partial charge in [0.25, 0.3) is 0 Å². The molecule has 0 N–H and O–H groups in total. The Morgan fingerprint density at radius 3 is 2.69 bits per heavy atom. The van der Waals surface area contributed by atoms with Crippen molar-refractivity contribution in [2.75, 3.05) is 39.4 Å². The van der Waals surface area contributed by atoms with E-state index in [-0.39, 0.29) is 6.04 Å². The molecule has 90 valence electrons. The fraction of sp³-hybridized carbons (Fsp3) is 0.750. The summed E-state index contributed by atoms with van der Waals surface area (Å²) in [5, 5.41) is 0. The first kappa shape index (κ1) is 11.6. The van der Waals surface area contributed by atoms with Crippen LogP contribution in [0.2, 0.25) is 0 Å². The molecule has 0 aromatic carbocycles. The average molecular weight is 224 g/mol. The Labute approximate surface area is 96.8 Å². The Morgan fingerprint density at radius 2 is 2.12 bits per heavy atom. The molecule has 2 aliphatic heterocycles. The summed E-state index contributed by atoms with van der Waals surface area (Å²) in [6.45, 7) is 7.54. The van der Waals surface area contributed by atoms with E-state index in [4.69, 9.17) is 4.74 Å². The quantitative estimate of drug-likeness (QED) is 0.653. The van der Waals surface area contributed by atoms with Gasteiger partial charge in [-0.3, -0.25) is 4.90 Å². The van der Waals surface area contributed by atoms with Gasteiger partial charge in [-0.05, 0) is 13.3 Å². The van der Waals surface area contributed by atoms with Crippen LogP contribution in [0.3, 0.4) is 0 Å². The van der Waals surface area contributed by atoms with Crippen LogP contribution in [-0.2, 0) is 9.53 Å². The van der Waals surface area contributed by atoms with Crippen molar-refractivity contribution in [2.24, 2.45) is 0 Å².